The molecule has 28 heavy (non-hydrogen) atoms. The van der Waals surface area contributed by atoms with Crippen LogP contribution < -0.4 is 4.90 Å². The highest BCUT2D eigenvalue weighted by Crippen LogP contribution is 2.23. The van der Waals surface area contributed by atoms with Crippen molar-refractivity contribution in [2.45, 2.75) is 13.8 Å². The Bertz CT molecular complexity index is 978. The number of hydrogen-bond acceptors (Lipinski definition) is 5. The zero-order valence-electron chi connectivity index (χ0n) is 15.8. The van der Waals surface area contributed by atoms with Gasteiger partial charge in [0.25, 0.3) is 5.91 Å². The van der Waals surface area contributed by atoms with E-state index in [1.54, 1.807) is 23.3 Å². The van der Waals surface area contributed by atoms with Crippen LogP contribution in [0.25, 0.3) is 5.69 Å². The Labute approximate surface area is 168 Å². The van der Waals surface area contributed by atoms with Crippen LogP contribution in [0.3, 0.4) is 0 Å². The normalized spacial score (nSPS) is 14.4. The lowest BCUT2D eigenvalue weighted by molar-refractivity contribution is 0.0746. The molecule has 1 amide bonds. The Kier molecular flexibility index (Phi) is 5.00. The van der Waals surface area contributed by atoms with Gasteiger partial charge in [0, 0.05) is 44.1 Å². The second-order valence-corrected chi connectivity index (χ2v) is 7.16. The van der Waals surface area contributed by atoms with Gasteiger partial charge in [0.2, 0.25) is 0 Å². The lowest BCUT2D eigenvalue weighted by atomic mass is 10.1. The number of aryl methyl sites for hydroxylation is 1. The summed E-state index contributed by atoms with van der Waals surface area (Å²) in [7, 11) is 0. The first-order chi connectivity index (χ1) is 13.5. The number of carbonyl (C=O) groups excluding carboxylic acids is 1. The van der Waals surface area contributed by atoms with Gasteiger partial charge in [0.05, 0.1) is 28.3 Å². The Balaban J connectivity index is 1.44. The van der Waals surface area contributed by atoms with Crippen molar-refractivity contribution in [2.24, 2.45) is 0 Å². The molecule has 0 aliphatic carbocycles. The molecule has 0 N–H and O–H groups in total. The molecule has 3 aromatic rings. The van der Waals surface area contributed by atoms with E-state index in [1.165, 1.54) is 0 Å². The Hall–Kier alpha value is -2.93. The quantitative estimate of drug-likeness (QED) is 0.681. The number of hydrogen-bond donors (Lipinski definition) is 0. The van der Waals surface area contributed by atoms with Crippen LogP contribution in [0.15, 0.2) is 42.9 Å². The summed E-state index contributed by atoms with van der Waals surface area (Å²) >= 11 is 6.23. The Morgan fingerprint density at radius 2 is 1.75 bits per heavy atom. The molecule has 1 saturated heterocycles. The van der Waals surface area contributed by atoms with Crippen LogP contribution in [0.5, 0.6) is 0 Å². The van der Waals surface area contributed by atoms with Crippen LogP contribution >= 0.6 is 11.6 Å². The van der Waals surface area contributed by atoms with Gasteiger partial charge < -0.3 is 9.80 Å². The Morgan fingerprint density at radius 3 is 2.32 bits per heavy atom. The Morgan fingerprint density at radius 1 is 1.04 bits per heavy atom. The topological polar surface area (TPSA) is 67.2 Å². The van der Waals surface area contributed by atoms with Crippen LogP contribution in [0.1, 0.15) is 21.7 Å². The van der Waals surface area contributed by atoms with Gasteiger partial charge in [0.1, 0.15) is 5.82 Å². The maximum atomic E-state index is 12.9. The number of nitrogens with zero attached hydrogens (tertiary/aromatic N) is 6. The third kappa shape index (κ3) is 3.45. The number of benzene rings is 1. The second-order valence-electron chi connectivity index (χ2n) is 6.79. The number of amides is 1. The molecule has 1 aromatic carbocycles. The molecule has 0 unspecified atom stereocenters. The molecule has 1 aliphatic heterocycles. The maximum Gasteiger partial charge on any atom is 0.253 e. The predicted molar refractivity (Wildman–Crippen MR) is 108 cm³/mol. The average Bonchev–Trinajstić information content (AvgIpc) is 3.01. The van der Waals surface area contributed by atoms with E-state index in [4.69, 9.17) is 11.6 Å². The van der Waals surface area contributed by atoms with Crippen LogP contribution in [0.4, 0.5) is 5.82 Å². The third-order valence-electron chi connectivity index (χ3n) is 5.00. The van der Waals surface area contributed by atoms with E-state index < -0.39 is 0 Å². The molecule has 0 spiro atoms. The molecule has 1 aliphatic rings. The zero-order valence-corrected chi connectivity index (χ0v) is 16.6. The van der Waals surface area contributed by atoms with E-state index in [1.807, 2.05) is 43.0 Å². The summed E-state index contributed by atoms with van der Waals surface area (Å²) in [6.07, 6.45) is 5.10. The molecule has 0 bridgehead atoms. The molecule has 0 saturated carbocycles. The lowest BCUT2D eigenvalue weighted by Crippen LogP contribution is -2.49. The van der Waals surface area contributed by atoms with Gasteiger partial charge in [-0.3, -0.25) is 9.78 Å². The fourth-order valence-corrected chi connectivity index (χ4v) is 3.51. The second kappa shape index (κ2) is 7.59. The maximum absolute atomic E-state index is 12.9. The zero-order chi connectivity index (χ0) is 19.7. The van der Waals surface area contributed by atoms with E-state index in [0.29, 0.717) is 23.7 Å². The monoisotopic (exact) mass is 396 g/mol. The van der Waals surface area contributed by atoms with Crippen molar-refractivity contribution in [3.8, 4) is 5.69 Å². The van der Waals surface area contributed by atoms with E-state index in [2.05, 4.69) is 20.0 Å². The average molecular weight is 397 g/mol. The summed E-state index contributed by atoms with van der Waals surface area (Å²) in [5, 5.41) is 5.12. The third-order valence-corrected chi connectivity index (χ3v) is 5.55. The number of halogens is 1. The summed E-state index contributed by atoms with van der Waals surface area (Å²) in [5.41, 5.74) is 3.24. The van der Waals surface area contributed by atoms with Crippen molar-refractivity contribution in [3.05, 3.63) is 64.8 Å². The van der Waals surface area contributed by atoms with Gasteiger partial charge in [-0.1, -0.05) is 11.6 Å². The molecule has 8 heteroatoms. The molecule has 144 valence electrons. The predicted octanol–water partition coefficient (Wildman–Crippen LogP) is 2.89. The molecular formula is C20H21ClN6O. The van der Waals surface area contributed by atoms with Crippen molar-refractivity contribution >= 4 is 23.3 Å². The summed E-state index contributed by atoms with van der Waals surface area (Å²) in [5.74, 6) is 0.888. The molecule has 4 rings (SSSR count). The number of anilines is 1. The van der Waals surface area contributed by atoms with Crippen LogP contribution in [-0.2, 0) is 0 Å². The molecule has 0 radical (unpaired) electrons. The van der Waals surface area contributed by atoms with E-state index >= 15 is 0 Å². The number of rotatable bonds is 3. The van der Waals surface area contributed by atoms with Crippen molar-refractivity contribution in [3.63, 3.8) is 0 Å². The van der Waals surface area contributed by atoms with E-state index in [0.717, 1.165) is 36.0 Å². The first kappa shape index (κ1) is 18.4. The first-order valence-electron chi connectivity index (χ1n) is 9.17. The van der Waals surface area contributed by atoms with Gasteiger partial charge in [0.15, 0.2) is 0 Å². The molecule has 7 nitrogen and oxygen atoms in total. The fraction of sp³-hybridized carbons (Fsp3) is 0.300. The highest BCUT2D eigenvalue weighted by atomic mass is 35.5. The van der Waals surface area contributed by atoms with Crippen molar-refractivity contribution < 1.29 is 4.79 Å². The fourth-order valence-electron chi connectivity index (χ4n) is 3.40. The minimum atomic E-state index is 0.0387. The summed E-state index contributed by atoms with van der Waals surface area (Å²) in [4.78, 5) is 25.3. The molecule has 1 fully saturated rings. The van der Waals surface area contributed by atoms with Crippen LogP contribution in [0, 0.1) is 13.8 Å². The minimum Gasteiger partial charge on any atom is -0.352 e. The van der Waals surface area contributed by atoms with Gasteiger partial charge >= 0.3 is 0 Å². The smallest absolute Gasteiger partial charge is 0.253 e. The van der Waals surface area contributed by atoms with Gasteiger partial charge in [-0.25, -0.2) is 9.67 Å². The lowest BCUT2D eigenvalue weighted by Gasteiger charge is -2.35. The number of carbonyl (C=O) groups is 1. The van der Waals surface area contributed by atoms with Crippen molar-refractivity contribution in [2.75, 3.05) is 31.1 Å². The van der Waals surface area contributed by atoms with Crippen LogP contribution in [0.2, 0.25) is 5.02 Å². The van der Waals surface area contributed by atoms with Gasteiger partial charge in [-0.15, -0.1) is 0 Å². The van der Waals surface area contributed by atoms with Gasteiger partial charge in [-0.2, -0.15) is 5.10 Å². The number of piperazine rings is 1. The highest BCUT2D eigenvalue weighted by Gasteiger charge is 2.23. The largest absolute Gasteiger partial charge is 0.352 e. The number of aromatic nitrogens is 4. The molecule has 0 atom stereocenters. The minimum absolute atomic E-state index is 0.0387. The summed E-state index contributed by atoms with van der Waals surface area (Å²) in [6.45, 7) is 6.61. The van der Waals surface area contributed by atoms with Crippen LogP contribution in [-0.4, -0.2) is 56.7 Å². The molecule has 3 heterocycles. The van der Waals surface area contributed by atoms with Crippen molar-refractivity contribution in [1.82, 2.24) is 24.6 Å². The first-order valence-corrected chi connectivity index (χ1v) is 9.55. The molecule has 2 aromatic heterocycles. The van der Waals surface area contributed by atoms with Crippen molar-refractivity contribution in [1.29, 1.82) is 0 Å². The SMILES string of the molecule is Cc1nn(-c2ccc(C(=O)N3CCN(c4cnccn4)CC3)cc2)c(C)c1Cl. The highest BCUT2D eigenvalue weighted by molar-refractivity contribution is 6.31. The summed E-state index contributed by atoms with van der Waals surface area (Å²) < 4.78 is 1.80. The summed E-state index contributed by atoms with van der Waals surface area (Å²) in [6, 6.07) is 7.49. The standard InChI is InChI=1S/C20H21ClN6O/c1-14-19(21)15(2)27(24-14)17-5-3-16(4-6-17)20(28)26-11-9-25(10-12-26)18-13-22-7-8-23-18/h3-8,13H,9-12H2,1-2H3. The molecular weight excluding hydrogens is 376 g/mol. The van der Waals surface area contributed by atoms with E-state index in [-0.39, 0.29) is 5.91 Å². The van der Waals surface area contributed by atoms with Gasteiger partial charge in [-0.05, 0) is 38.1 Å². The van der Waals surface area contributed by atoms with E-state index in [9.17, 15) is 4.79 Å².